The van der Waals surface area contributed by atoms with Crippen LogP contribution < -0.4 is 5.32 Å². The van der Waals surface area contributed by atoms with Gasteiger partial charge in [0.25, 0.3) is 0 Å². The molecule has 1 N–H and O–H groups in total. The summed E-state index contributed by atoms with van der Waals surface area (Å²) in [5, 5.41) is 8.97. The third kappa shape index (κ3) is 2.85. The zero-order valence-corrected chi connectivity index (χ0v) is 13.9. The third-order valence-electron chi connectivity index (χ3n) is 3.95. The molecule has 0 aliphatic carbocycles. The van der Waals surface area contributed by atoms with Crippen LogP contribution in [0.25, 0.3) is 22.4 Å². The number of hydrogen-bond donors (Lipinski definition) is 1. The van der Waals surface area contributed by atoms with E-state index in [4.69, 9.17) is 16.7 Å². The molecule has 3 heterocycles. The van der Waals surface area contributed by atoms with Crippen molar-refractivity contribution in [3.8, 4) is 22.4 Å². The third-order valence-corrected chi connectivity index (χ3v) is 4.28. The Morgan fingerprint density at radius 3 is 2.65 bits per heavy atom. The maximum absolute atomic E-state index is 6.40. The van der Waals surface area contributed by atoms with Crippen LogP contribution in [0.5, 0.6) is 0 Å². The second kappa shape index (κ2) is 6.71. The van der Waals surface area contributed by atoms with Gasteiger partial charge in [-0.1, -0.05) is 29.8 Å². The Labute approximate surface area is 145 Å². The normalized spacial score (nSPS) is 13.3. The Balaban J connectivity index is 0.00000156. The summed E-state index contributed by atoms with van der Waals surface area (Å²) in [6.45, 7) is 2.62. The standard InChI is InChI=1S/C17H15ClN4.ClH/c18-14-4-2-1-3-13(14)17-16(12-5-7-19-8-6-12)15-11-20-9-10-22(15)21-17;/h1-8,20H,9-11H2;1H. The van der Waals surface area contributed by atoms with Gasteiger partial charge in [0.15, 0.2) is 0 Å². The van der Waals surface area contributed by atoms with E-state index in [1.54, 1.807) is 0 Å². The topological polar surface area (TPSA) is 42.7 Å². The minimum atomic E-state index is 0. The van der Waals surface area contributed by atoms with Crippen molar-refractivity contribution in [2.24, 2.45) is 0 Å². The molecule has 0 spiro atoms. The minimum Gasteiger partial charge on any atom is -0.309 e. The van der Waals surface area contributed by atoms with Gasteiger partial charge >= 0.3 is 0 Å². The van der Waals surface area contributed by atoms with Gasteiger partial charge in [-0.05, 0) is 23.8 Å². The van der Waals surface area contributed by atoms with Crippen LogP contribution in [-0.4, -0.2) is 21.3 Å². The minimum absolute atomic E-state index is 0. The molecule has 0 radical (unpaired) electrons. The molecule has 1 aliphatic heterocycles. The lowest BCUT2D eigenvalue weighted by Gasteiger charge is -2.16. The Morgan fingerprint density at radius 1 is 1.09 bits per heavy atom. The molecule has 6 heteroatoms. The van der Waals surface area contributed by atoms with Crippen LogP contribution in [-0.2, 0) is 13.1 Å². The van der Waals surface area contributed by atoms with E-state index in [1.165, 1.54) is 5.69 Å². The van der Waals surface area contributed by atoms with Gasteiger partial charge in [-0.25, -0.2) is 0 Å². The van der Waals surface area contributed by atoms with E-state index in [1.807, 2.05) is 48.8 Å². The molecule has 1 aliphatic rings. The Morgan fingerprint density at radius 2 is 1.87 bits per heavy atom. The molecule has 0 saturated carbocycles. The SMILES string of the molecule is Cl.Clc1ccccc1-c1nn2c(c1-c1ccncc1)CNCC2. The van der Waals surface area contributed by atoms with Crippen molar-refractivity contribution in [1.29, 1.82) is 0 Å². The molecule has 3 aromatic rings. The highest BCUT2D eigenvalue weighted by atomic mass is 35.5. The van der Waals surface area contributed by atoms with Crippen molar-refractivity contribution in [3.05, 3.63) is 59.5 Å². The summed E-state index contributed by atoms with van der Waals surface area (Å²) in [5.41, 5.74) is 5.37. The Bertz CT molecular complexity index is 815. The van der Waals surface area contributed by atoms with E-state index >= 15 is 0 Å². The highest BCUT2D eigenvalue weighted by Gasteiger charge is 2.23. The largest absolute Gasteiger partial charge is 0.309 e. The second-order valence-corrected chi connectivity index (χ2v) is 5.69. The molecule has 118 valence electrons. The van der Waals surface area contributed by atoms with Crippen LogP contribution in [0.1, 0.15) is 5.69 Å². The lowest BCUT2D eigenvalue weighted by atomic mass is 9.99. The summed E-state index contributed by atoms with van der Waals surface area (Å²) in [4.78, 5) is 4.12. The molecular formula is C17H16Cl2N4. The lowest BCUT2D eigenvalue weighted by Crippen LogP contribution is -2.28. The fourth-order valence-corrected chi connectivity index (χ4v) is 3.14. The summed E-state index contributed by atoms with van der Waals surface area (Å²) in [6, 6.07) is 11.9. The first-order chi connectivity index (χ1) is 10.8. The van der Waals surface area contributed by atoms with Crippen LogP contribution in [0.2, 0.25) is 5.02 Å². The van der Waals surface area contributed by atoms with Crippen LogP contribution in [0.3, 0.4) is 0 Å². The smallest absolute Gasteiger partial charge is 0.102 e. The number of fused-ring (bicyclic) bond motifs is 1. The Hall–Kier alpha value is -1.88. The van der Waals surface area contributed by atoms with Crippen molar-refractivity contribution in [2.75, 3.05) is 6.54 Å². The van der Waals surface area contributed by atoms with Gasteiger partial charge in [-0.15, -0.1) is 12.4 Å². The second-order valence-electron chi connectivity index (χ2n) is 5.29. The molecule has 0 atom stereocenters. The number of nitrogens with one attached hydrogen (secondary N) is 1. The maximum atomic E-state index is 6.40. The summed E-state index contributed by atoms with van der Waals surface area (Å²) in [6.07, 6.45) is 3.62. The van der Waals surface area contributed by atoms with E-state index in [9.17, 15) is 0 Å². The van der Waals surface area contributed by atoms with Gasteiger partial charge in [-0.3, -0.25) is 9.67 Å². The molecule has 0 saturated heterocycles. The average Bonchev–Trinajstić information content (AvgIpc) is 2.95. The average molecular weight is 347 g/mol. The molecule has 0 bridgehead atoms. The van der Waals surface area contributed by atoms with Crippen LogP contribution in [0.4, 0.5) is 0 Å². The van der Waals surface area contributed by atoms with Gasteiger partial charge in [0.2, 0.25) is 0 Å². The van der Waals surface area contributed by atoms with Crippen molar-refractivity contribution in [3.63, 3.8) is 0 Å². The van der Waals surface area contributed by atoms with Gasteiger partial charge in [-0.2, -0.15) is 5.10 Å². The molecule has 0 unspecified atom stereocenters. The number of hydrogen-bond acceptors (Lipinski definition) is 3. The molecular weight excluding hydrogens is 331 g/mol. The quantitative estimate of drug-likeness (QED) is 0.767. The zero-order valence-electron chi connectivity index (χ0n) is 12.4. The highest BCUT2D eigenvalue weighted by molar-refractivity contribution is 6.33. The summed E-state index contributed by atoms with van der Waals surface area (Å²) in [7, 11) is 0. The first-order valence-corrected chi connectivity index (χ1v) is 7.68. The van der Waals surface area contributed by atoms with Crippen molar-refractivity contribution in [1.82, 2.24) is 20.1 Å². The zero-order chi connectivity index (χ0) is 14.9. The molecule has 4 rings (SSSR count). The van der Waals surface area contributed by atoms with Crippen LogP contribution in [0, 0.1) is 0 Å². The van der Waals surface area contributed by atoms with Gasteiger partial charge in [0, 0.05) is 36.6 Å². The highest BCUT2D eigenvalue weighted by Crippen LogP contribution is 2.37. The maximum Gasteiger partial charge on any atom is 0.102 e. The van der Waals surface area contributed by atoms with E-state index in [-0.39, 0.29) is 12.4 Å². The summed E-state index contributed by atoms with van der Waals surface area (Å²) in [5.74, 6) is 0. The number of rotatable bonds is 2. The number of aromatic nitrogens is 3. The number of benzene rings is 1. The number of halogens is 2. The van der Waals surface area contributed by atoms with Crippen molar-refractivity contribution in [2.45, 2.75) is 13.1 Å². The van der Waals surface area contributed by atoms with E-state index < -0.39 is 0 Å². The fraction of sp³-hybridized carbons (Fsp3) is 0.176. The molecule has 0 fully saturated rings. The Kier molecular flexibility index (Phi) is 4.66. The predicted octanol–water partition coefficient (Wildman–Crippen LogP) is 3.79. The van der Waals surface area contributed by atoms with E-state index in [2.05, 4.69) is 15.0 Å². The van der Waals surface area contributed by atoms with E-state index in [0.717, 1.165) is 47.0 Å². The molecule has 0 amide bonds. The van der Waals surface area contributed by atoms with Crippen LogP contribution in [0.15, 0.2) is 48.8 Å². The van der Waals surface area contributed by atoms with Gasteiger partial charge in [0.1, 0.15) is 5.69 Å². The summed E-state index contributed by atoms with van der Waals surface area (Å²) >= 11 is 6.40. The lowest BCUT2D eigenvalue weighted by molar-refractivity contribution is 0.477. The number of nitrogens with zero attached hydrogens (tertiary/aromatic N) is 3. The van der Waals surface area contributed by atoms with Crippen molar-refractivity contribution < 1.29 is 0 Å². The van der Waals surface area contributed by atoms with E-state index in [0.29, 0.717) is 0 Å². The first kappa shape index (κ1) is 16.0. The molecule has 2 aromatic heterocycles. The monoisotopic (exact) mass is 346 g/mol. The van der Waals surface area contributed by atoms with Gasteiger partial charge in [0.05, 0.1) is 17.3 Å². The molecule has 1 aromatic carbocycles. The number of pyridine rings is 1. The predicted molar refractivity (Wildman–Crippen MR) is 94.9 cm³/mol. The molecule has 4 nitrogen and oxygen atoms in total. The van der Waals surface area contributed by atoms with Crippen LogP contribution >= 0.6 is 24.0 Å². The fourth-order valence-electron chi connectivity index (χ4n) is 2.92. The van der Waals surface area contributed by atoms with Crippen molar-refractivity contribution >= 4 is 24.0 Å². The first-order valence-electron chi connectivity index (χ1n) is 7.30. The molecule has 23 heavy (non-hydrogen) atoms. The van der Waals surface area contributed by atoms with Gasteiger partial charge < -0.3 is 5.32 Å². The summed E-state index contributed by atoms with van der Waals surface area (Å²) < 4.78 is 2.09.